The molecule has 62 valence electrons. The molecule has 0 saturated carbocycles. The van der Waals surface area contributed by atoms with Crippen LogP contribution in [0.4, 0.5) is 0 Å². The van der Waals surface area contributed by atoms with E-state index in [0.717, 1.165) is 5.70 Å². The maximum absolute atomic E-state index is 5.83. The van der Waals surface area contributed by atoms with Crippen LogP contribution in [0.15, 0.2) is 23.9 Å². The molecule has 11 heavy (non-hydrogen) atoms. The van der Waals surface area contributed by atoms with E-state index in [1.165, 1.54) is 0 Å². The minimum atomic E-state index is -0.668. The predicted molar refractivity (Wildman–Crippen MR) is 45.1 cm³/mol. The Balaban J connectivity index is 2.78. The van der Waals surface area contributed by atoms with Crippen molar-refractivity contribution < 1.29 is 0 Å². The highest BCUT2D eigenvalue weighted by molar-refractivity contribution is 5.26. The molecule has 0 bridgehead atoms. The average molecular weight is 154 g/mol. The van der Waals surface area contributed by atoms with Crippen LogP contribution in [0.5, 0.6) is 0 Å². The second-order valence-corrected chi connectivity index (χ2v) is 2.92. The molecule has 0 aromatic carbocycles. The van der Waals surface area contributed by atoms with Crippen LogP contribution in [0.3, 0.4) is 0 Å². The summed E-state index contributed by atoms with van der Waals surface area (Å²) in [5.41, 5.74) is 22.4. The lowest BCUT2D eigenvalue weighted by atomic mass is 9.88. The SMILES string of the molecule is NC1=CC=CC(N)(C(N)N)C1. The summed E-state index contributed by atoms with van der Waals surface area (Å²) in [6.07, 6.45) is 5.33. The van der Waals surface area contributed by atoms with Gasteiger partial charge in [-0.05, 0) is 6.08 Å². The molecule has 1 aliphatic carbocycles. The van der Waals surface area contributed by atoms with E-state index in [2.05, 4.69) is 0 Å². The Hall–Kier alpha value is -0.840. The van der Waals surface area contributed by atoms with E-state index in [-0.39, 0.29) is 0 Å². The van der Waals surface area contributed by atoms with Crippen LogP contribution in [-0.4, -0.2) is 11.7 Å². The van der Waals surface area contributed by atoms with Crippen LogP contribution in [0.2, 0.25) is 0 Å². The van der Waals surface area contributed by atoms with Crippen molar-refractivity contribution in [2.24, 2.45) is 22.9 Å². The third-order valence-corrected chi connectivity index (χ3v) is 1.85. The van der Waals surface area contributed by atoms with Gasteiger partial charge in [-0.1, -0.05) is 12.2 Å². The zero-order valence-electron chi connectivity index (χ0n) is 6.33. The van der Waals surface area contributed by atoms with E-state index in [4.69, 9.17) is 22.9 Å². The van der Waals surface area contributed by atoms with Crippen molar-refractivity contribution in [1.82, 2.24) is 0 Å². The quantitative estimate of drug-likeness (QED) is 0.353. The van der Waals surface area contributed by atoms with Crippen molar-refractivity contribution in [1.29, 1.82) is 0 Å². The number of hydrogen-bond acceptors (Lipinski definition) is 4. The standard InChI is InChI=1S/C7H14N4/c8-5-2-1-3-7(11,4-5)6(9)10/h1-3,6H,4,8-11H2. The molecule has 1 unspecified atom stereocenters. The van der Waals surface area contributed by atoms with Gasteiger partial charge in [0.05, 0.1) is 11.7 Å². The summed E-state index contributed by atoms with van der Waals surface area (Å²) in [5.74, 6) is 0. The molecule has 8 N–H and O–H groups in total. The Morgan fingerprint density at radius 1 is 1.45 bits per heavy atom. The van der Waals surface area contributed by atoms with E-state index in [1.807, 2.05) is 0 Å². The Bertz CT molecular complexity index is 206. The number of hydrogen-bond donors (Lipinski definition) is 4. The van der Waals surface area contributed by atoms with Crippen molar-refractivity contribution in [3.8, 4) is 0 Å². The highest BCUT2D eigenvalue weighted by Gasteiger charge is 2.28. The number of rotatable bonds is 1. The van der Waals surface area contributed by atoms with Crippen molar-refractivity contribution in [3.05, 3.63) is 23.9 Å². The molecule has 0 heterocycles. The molecule has 0 aromatic heterocycles. The van der Waals surface area contributed by atoms with Gasteiger partial charge in [0.25, 0.3) is 0 Å². The maximum Gasteiger partial charge on any atom is 0.0747 e. The lowest BCUT2D eigenvalue weighted by Gasteiger charge is -2.31. The molecule has 4 heteroatoms. The topological polar surface area (TPSA) is 104 Å². The minimum Gasteiger partial charge on any atom is -0.402 e. The minimum absolute atomic E-state index is 0.529. The van der Waals surface area contributed by atoms with E-state index in [1.54, 1.807) is 18.2 Å². The summed E-state index contributed by atoms with van der Waals surface area (Å²) < 4.78 is 0. The largest absolute Gasteiger partial charge is 0.402 e. The fourth-order valence-corrected chi connectivity index (χ4v) is 1.05. The summed E-state index contributed by atoms with van der Waals surface area (Å²) in [6.45, 7) is 0. The van der Waals surface area contributed by atoms with Gasteiger partial charge in [-0.2, -0.15) is 0 Å². The molecule has 0 fully saturated rings. The van der Waals surface area contributed by atoms with Crippen molar-refractivity contribution >= 4 is 0 Å². The summed E-state index contributed by atoms with van der Waals surface area (Å²) in [5, 5.41) is 0. The summed E-state index contributed by atoms with van der Waals surface area (Å²) >= 11 is 0. The van der Waals surface area contributed by atoms with Gasteiger partial charge >= 0.3 is 0 Å². The Kier molecular flexibility index (Phi) is 1.99. The van der Waals surface area contributed by atoms with E-state index < -0.39 is 11.7 Å². The molecule has 0 amide bonds. The van der Waals surface area contributed by atoms with E-state index in [9.17, 15) is 0 Å². The van der Waals surface area contributed by atoms with Gasteiger partial charge in [0.2, 0.25) is 0 Å². The highest BCUT2D eigenvalue weighted by Crippen LogP contribution is 2.18. The van der Waals surface area contributed by atoms with Crippen molar-refractivity contribution in [2.75, 3.05) is 0 Å². The molecule has 0 aromatic rings. The van der Waals surface area contributed by atoms with Gasteiger partial charge < -0.3 is 22.9 Å². The van der Waals surface area contributed by atoms with Crippen LogP contribution < -0.4 is 22.9 Å². The zero-order chi connectivity index (χ0) is 8.48. The molecular weight excluding hydrogens is 140 g/mol. The summed E-state index contributed by atoms with van der Waals surface area (Å²) in [4.78, 5) is 0. The van der Waals surface area contributed by atoms with Gasteiger partial charge in [0.1, 0.15) is 0 Å². The molecule has 0 aliphatic heterocycles. The first kappa shape index (κ1) is 8.26. The molecule has 1 atom stereocenters. The fraction of sp³-hybridized carbons (Fsp3) is 0.429. The van der Waals surface area contributed by atoms with Crippen LogP contribution >= 0.6 is 0 Å². The number of allylic oxidation sites excluding steroid dienone is 2. The van der Waals surface area contributed by atoms with Gasteiger partial charge in [-0.25, -0.2) is 0 Å². The first-order chi connectivity index (χ1) is 5.04. The van der Waals surface area contributed by atoms with Gasteiger partial charge in [-0.3, -0.25) is 0 Å². The van der Waals surface area contributed by atoms with Gasteiger partial charge in [0.15, 0.2) is 0 Å². The summed E-state index contributed by atoms with van der Waals surface area (Å²) in [7, 11) is 0. The van der Waals surface area contributed by atoms with Crippen LogP contribution in [0.1, 0.15) is 6.42 Å². The van der Waals surface area contributed by atoms with Crippen LogP contribution in [0, 0.1) is 0 Å². The molecule has 0 saturated heterocycles. The molecule has 4 nitrogen and oxygen atoms in total. The van der Waals surface area contributed by atoms with Crippen LogP contribution in [0.25, 0.3) is 0 Å². The fourth-order valence-electron chi connectivity index (χ4n) is 1.05. The van der Waals surface area contributed by atoms with Crippen molar-refractivity contribution in [3.63, 3.8) is 0 Å². The average Bonchev–Trinajstić information content (AvgIpc) is 1.86. The second-order valence-electron chi connectivity index (χ2n) is 2.92. The molecule has 0 radical (unpaired) electrons. The predicted octanol–water partition coefficient (Wildman–Crippen LogP) is -1.27. The zero-order valence-corrected chi connectivity index (χ0v) is 6.33. The third-order valence-electron chi connectivity index (χ3n) is 1.85. The van der Waals surface area contributed by atoms with Crippen molar-refractivity contribution in [2.45, 2.75) is 18.1 Å². The van der Waals surface area contributed by atoms with Crippen LogP contribution in [-0.2, 0) is 0 Å². The molecule has 1 rings (SSSR count). The smallest absolute Gasteiger partial charge is 0.0747 e. The molecule has 0 spiro atoms. The first-order valence-electron chi connectivity index (χ1n) is 3.48. The van der Waals surface area contributed by atoms with Gasteiger partial charge in [0, 0.05) is 12.1 Å². The normalized spacial score (nSPS) is 30.7. The Labute approximate surface area is 65.9 Å². The lowest BCUT2D eigenvalue weighted by Crippen LogP contribution is -2.59. The maximum atomic E-state index is 5.83. The lowest BCUT2D eigenvalue weighted by molar-refractivity contribution is 0.420. The Morgan fingerprint density at radius 2 is 2.09 bits per heavy atom. The first-order valence-corrected chi connectivity index (χ1v) is 3.48. The highest BCUT2D eigenvalue weighted by atomic mass is 15.0. The van der Waals surface area contributed by atoms with E-state index >= 15 is 0 Å². The Morgan fingerprint density at radius 3 is 2.45 bits per heavy atom. The summed E-state index contributed by atoms with van der Waals surface area (Å²) in [6, 6.07) is 0. The molecular formula is C7H14N4. The third kappa shape index (κ3) is 1.59. The second kappa shape index (κ2) is 2.65. The molecule has 1 aliphatic rings. The number of nitrogens with two attached hydrogens (primary N) is 4. The monoisotopic (exact) mass is 154 g/mol. The van der Waals surface area contributed by atoms with Gasteiger partial charge in [-0.15, -0.1) is 0 Å². The van der Waals surface area contributed by atoms with E-state index in [0.29, 0.717) is 6.42 Å².